The van der Waals surface area contributed by atoms with Crippen LogP contribution >= 0.6 is 0 Å². The number of pyridine rings is 1. The second-order valence-electron chi connectivity index (χ2n) is 5.16. The van der Waals surface area contributed by atoms with Gasteiger partial charge in [0, 0.05) is 18.9 Å². The highest BCUT2D eigenvalue weighted by Crippen LogP contribution is 2.14. The monoisotopic (exact) mass is 317 g/mol. The van der Waals surface area contributed by atoms with Crippen LogP contribution in [0.15, 0.2) is 48.8 Å². The van der Waals surface area contributed by atoms with Crippen molar-refractivity contribution < 1.29 is 13.9 Å². The summed E-state index contributed by atoms with van der Waals surface area (Å²) in [5, 5.41) is 2.75. The standard InChI is InChI=1S/C17H20FN3O2/c1-21(12-14-6-8-19-9-7-14)13-17(22)20-10-11-23-16-5-3-2-4-15(16)18/h2-9H,10-13H2,1H3,(H,20,22). The van der Waals surface area contributed by atoms with Gasteiger partial charge in [0.25, 0.3) is 0 Å². The van der Waals surface area contributed by atoms with Crippen molar-refractivity contribution in [1.29, 1.82) is 0 Å². The van der Waals surface area contributed by atoms with Crippen LogP contribution in [0.4, 0.5) is 4.39 Å². The van der Waals surface area contributed by atoms with Crippen LogP contribution in [0.25, 0.3) is 0 Å². The topological polar surface area (TPSA) is 54.5 Å². The molecule has 1 aromatic carbocycles. The van der Waals surface area contributed by atoms with Crippen molar-refractivity contribution >= 4 is 5.91 Å². The molecule has 0 bridgehead atoms. The molecule has 2 rings (SSSR count). The Morgan fingerprint density at radius 3 is 2.74 bits per heavy atom. The van der Waals surface area contributed by atoms with Gasteiger partial charge in [-0.25, -0.2) is 4.39 Å². The lowest BCUT2D eigenvalue weighted by molar-refractivity contribution is -0.122. The zero-order valence-corrected chi connectivity index (χ0v) is 13.0. The highest BCUT2D eigenvalue weighted by Gasteiger charge is 2.07. The van der Waals surface area contributed by atoms with Gasteiger partial charge in [-0.15, -0.1) is 0 Å². The second-order valence-corrected chi connectivity index (χ2v) is 5.16. The Bertz CT molecular complexity index is 622. The number of carbonyl (C=O) groups is 1. The minimum atomic E-state index is -0.407. The van der Waals surface area contributed by atoms with E-state index in [-0.39, 0.29) is 24.8 Å². The van der Waals surface area contributed by atoms with Crippen LogP contribution in [-0.4, -0.2) is 42.5 Å². The fourth-order valence-electron chi connectivity index (χ4n) is 2.07. The molecule has 1 N–H and O–H groups in total. The molecule has 122 valence electrons. The van der Waals surface area contributed by atoms with E-state index in [0.29, 0.717) is 13.1 Å². The number of para-hydroxylation sites is 1. The van der Waals surface area contributed by atoms with Crippen LogP contribution in [0, 0.1) is 5.82 Å². The van der Waals surface area contributed by atoms with Crippen LogP contribution in [0.3, 0.4) is 0 Å². The minimum absolute atomic E-state index is 0.0984. The lowest BCUT2D eigenvalue weighted by Crippen LogP contribution is -2.36. The maximum absolute atomic E-state index is 13.3. The van der Waals surface area contributed by atoms with Gasteiger partial charge in [0.05, 0.1) is 13.1 Å². The molecule has 6 heteroatoms. The Kier molecular flexibility index (Phi) is 6.50. The van der Waals surface area contributed by atoms with Crippen LogP contribution in [0.5, 0.6) is 5.75 Å². The van der Waals surface area contributed by atoms with Crippen LogP contribution < -0.4 is 10.1 Å². The van der Waals surface area contributed by atoms with Crippen molar-refractivity contribution in [3.63, 3.8) is 0 Å². The van der Waals surface area contributed by atoms with E-state index in [0.717, 1.165) is 5.56 Å². The summed E-state index contributed by atoms with van der Waals surface area (Å²) in [5.74, 6) is -0.314. The number of aromatic nitrogens is 1. The van der Waals surface area contributed by atoms with E-state index in [1.54, 1.807) is 30.6 Å². The molecule has 0 unspecified atom stereocenters. The average molecular weight is 317 g/mol. The summed E-state index contributed by atoms with van der Waals surface area (Å²) in [4.78, 5) is 17.7. The first-order valence-corrected chi connectivity index (χ1v) is 7.36. The van der Waals surface area contributed by atoms with Crippen molar-refractivity contribution in [1.82, 2.24) is 15.2 Å². The first-order chi connectivity index (χ1) is 11.1. The molecule has 0 saturated heterocycles. The Hall–Kier alpha value is -2.47. The Morgan fingerprint density at radius 1 is 1.26 bits per heavy atom. The lowest BCUT2D eigenvalue weighted by atomic mass is 10.2. The molecule has 2 aromatic rings. The van der Waals surface area contributed by atoms with E-state index in [1.807, 2.05) is 24.1 Å². The van der Waals surface area contributed by atoms with Crippen LogP contribution in [0.1, 0.15) is 5.56 Å². The van der Waals surface area contributed by atoms with Crippen molar-refractivity contribution in [2.45, 2.75) is 6.54 Å². The number of hydrogen-bond donors (Lipinski definition) is 1. The molecule has 0 aliphatic carbocycles. The van der Waals surface area contributed by atoms with E-state index < -0.39 is 5.82 Å². The normalized spacial score (nSPS) is 10.6. The zero-order chi connectivity index (χ0) is 16.5. The van der Waals surface area contributed by atoms with Crippen molar-refractivity contribution in [3.05, 3.63) is 60.2 Å². The van der Waals surface area contributed by atoms with Crippen LogP contribution in [-0.2, 0) is 11.3 Å². The number of hydrogen-bond acceptors (Lipinski definition) is 4. The molecular weight excluding hydrogens is 297 g/mol. The van der Waals surface area contributed by atoms with Gasteiger partial charge < -0.3 is 10.1 Å². The molecule has 0 aliphatic heterocycles. The summed E-state index contributed by atoms with van der Waals surface area (Å²) in [5.41, 5.74) is 1.10. The minimum Gasteiger partial charge on any atom is -0.489 e. The third-order valence-electron chi connectivity index (χ3n) is 3.13. The molecule has 0 spiro atoms. The highest BCUT2D eigenvalue weighted by molar-refractivity contribution is 5.77. The molecule has 5 nitrogen and oxygen atoms in total. The molecule has 0 fully saturated rings. The average Bonchev–Trinajstić information content (AvgIpc) is 2.54. The number of amides is 1. The largest absolute Gasteiger partial charge is 0.489 e. The Labute approximate surface area is 135 Å². The fraction of sp³-hybridized carbons (Fsp3) is 0.294. The molecule has 0 aliphatic rings. The number of nitrogens with one attached hydrogen (secondary N) is 1. The molecule has 23 heavy (non-hydrogen) atoms. The summed E-state index contributed by atoms with van der Waals surface area (Å²) >= 11 is 0. The summed E-state index contributed by atoms with van der Waals surface area (Å²) in [6.07, 6.45) is 3.45. The molecule has 0 atom stereocenters. The number of rotatable bonds is 8. The highest BCUT2D eigenvalue weighted by atomic mass is 19.1. The van der Waals surface area contributed by atoms with Gasteiger partial charge in [-0.05, 0) is 36.9 Å². The number of carbonyl (C=O) groups excluding carboxylic acids is 1. The lowest BCUT2D eigenvalue weighted by Gasteiger charge is -2.16. The quantitative estimate of drug-likeness (QED) is 0.755. The maximum Gasteiger partial charge on any atom is 0.234 e. The van der Waals surface area contributed by atoms with E-state index in [9.17, 15) is 9.18 Å². The Balaban J connectivity index is 1.64. The van der Waals surface area contributed by atoms with Crippen molar-refractivity contribution in [2.24, 2.45) is 0 Å². The van der Waals surface area contributed by atoms with Crippen LogP contribution in [0.2, 0.25) is 0 Å². The molecular formula is C17H20FN3O2. The van der Waals surface area contributed by atoms with Gasteiger partial charge in [-0.3, -0.25) is 14.7 Å². The van der Waals surface area contributed by atoms with Gasteiger partial charge in [-0.2, -0.15) is 0 Å². The molecule has 1 aromatic heterocycles. The van der Waals surface area contributed by atoms with Gasteiger partial charge in [-0.1, -0.05) is 12.1 Å². The van der Waals surface area contributed by atoms with Gasteiger partial charge in [0.2, 0.25) is 5.91 Å². The third-order valence-corrected chi connectivity index (χ3v) is 3.13. The SMILES string of the molecule is CN(CC(=O)NCCOc1ccccc1F)Cc1ccncc1. The number of ether oxygens (including phenoxy) is 1. The summed E-state index contributed by atoms with van der Waals surface area (Å²) in [6, 6.07) is 10.0. The fourth-order valence-corrected chi connectivity index (χ4v) is 2.07. The zero-order valence-electron chi connectivity index (χ0n) is 13.0. The smallest absolute Gasteiger partial charge is 0.234 e. The molecule has 0 radical (unpaired) electrons. The number of benzene rings is 1. The summed E-state index contributed by atoms with van der Waals surface area (Å²) in [6.45, 7) is 1.50. The van der Waals surface area contributed by atoms with E-state index in [2.05, 4.69) is 10.3 Å². The van der Waals surface area contributed by atoms with Gasteiger partial charge in [0.15, 0.2) is 11.6 Å². The molecule has 0 saturated carbocycles. The van der Waals surface area contributed by atoms with E-state index in [4.69, 9.17) is 4.74 Å². The van der Waals surface area contributed by atoms with E-state index >= 15 is 0 Å². The van der Waals surface area contributed by atoms with E-state index in [1.165, 1.54) is 6.07 Å². The molecule has 1 amide bonds. The first kappa shape index (κ1) is 16.9. The number of halogens is 1. The number of nitrogens with zero attached hydrogens (tertiary/aromatic N) is 2. The Morgan fingerprint density at radius 2 is 2.00 bits per heavy atom. The summed E-state index contributed by atoms with van der Waals surface area (Å²) < 4.78 is 18.6. The maximum atomic E-state index is 13.3. The van der Waals surface area contributed by atoms with Gasteiger partial charge >= 0.3 is 0 Å². The van der Waals surface area contributed by atoms with Gasteiger partial charge in [0.1, 0.15) is 6.61 Å². The molecule has 1 heterocycles. The van der Waals surface area contributed by atoms with Crippen molar-refractivity contribution in [2.75, 3.05) is 26.7 Å². The second kappa shape index (κ2) is 8.85. The number of likely N-dealkylation sites (N-methyl/N-ethyl adjacent to an activating group) is 1. The summed E-state index contributed by atoms with van der Waals surface area (Å²) in [7, 11) is 1.87. The first-order valence-electron chi connectivity index (χ1n) is 7.36. The van der Waals surface area contributed by atoms with Crippen molar-refractivity contribution in [3.8, 4) is 5.75 Å². The predicted octanol–water partition coefficient (Wildman–Crippen LogP) is 1.85. The predicted molar refractivity (Wildman–Crippen MR) is 85.5 cm³/mol. The third kappa shape index (κ3) is 6.04.